The molecule has 1 saturated heterocycles. The van der Waals surface area contributed by atoms with E-state index in [1.807, 2.05) is 4.90 Å². The standard InChI is InChI=1S/C17H18F6N2O2/c18-16(19,20)13-3-1-2-12(15(13)17(21,22)23)4-5-14(27)25-8-6-24(7-9-25)10-11-26/h1-5,26H,6-11H2. The number of alkyl halides is 6. The molecule has 1 aliphatic heterocycles. The number of carbonyl (C=O) groups excluding carboxylic acids is 1. The Bertz CT molecular complexity index is 692. The van der Waals surface area contributed by atoms with Gasteiger partial charge in [0.05, 0.1) is 17.7 Å². The number of carbonyl (C=O) groups is 1. The summed E-state index contributed by atoms with van der Waals surface area (Å²) in [6, 6.07) is 2.12. The summed E-state index contributed by atoms with van der Waals surface area (Å²) in [5.41, 5.74) is -4.32. The Morgan fingerprint density at radius 1 is 1.04 bits per heavy atom. The molecule has 0 saturated carbocycles. The summed E-state index contributed by atoms with van der Waals surface area (Å²) in [4.78, 5) is 15.5. The summed E-state index contributed by atoms with van der Waals surface area (Å²) in [5.74, 6) is -0.579. The van der Waals surface area contributed by atoms with Gasteiger partial charge in [-0.05, 0) is 17.7 Å². The van der Waals surface area contributed by atoms with E-state index in [0.29, 0.717) is 38.8 Å². The van der Waals surface area contributed by atoms with Gasteiger partial charge in [0, 0.05) is 38.8 Å². The molecule has 1 aromatic carbocycles. The van der Waals surface area contributed by atoms with Crippen LogP contribution in [0.2, 0.25) is 0 Å². The molecule has 1 aliphatic rings. The molecule has 1 heterocycles. The van der Waals surface area contributed by atoms with Gasteiger partial charge in [0.15, 0.2) is 0 Å². The number of hydrogen-bond donors (Lipinski definition) is 1. The van der Waals surface area contributed by atoms with Gasteiger partial charge in [0.2, 0.25) is 5.91 Å². The van der Waals surface area contributed by atoms with E-state index in [9.17, 15) is 31.1 Å². The van der Waals surface area contributed by atoms with Crippen LogP contribution in [0.4, 0.5) is 26.3 Å². The lowest BCUT2D eigenvalue weighted by atomic mass is 9.99. The highest BCUT2D eigenvalue weighted by Gasteiger charge is 2.44. The number of amides is 1. The summed E-state index contributed by atoms with van der Waals surface area (Å²) in [7, 11) is 0. The second kappa shape index (κ2) is 8.30. The molecule has 0 aliphatic carbocycles. The van der Waals surface area contributed by atoms with Gasteiger partial charge in [-0.1, -0.05) is 12.1 Å². The van der Waals surface area contributed by atoms with Crippen LogP contribution in [0.1, 0.15) is 16.7 Å². The third kappa shape index (κ3) is 5.46. The maximum atomic E-state index is 13.2. The van der Waals surface area contributed by atoms with Gasteiger partial charge in [0.25, 0.3) is 0 Å². The van der Waals surface area contributed by atoms with Crippen LogP contribution in [0, 0.1) is 0 Å². The molecule has 150 valence electrons. The number of piperazine rings is 1. The molecule has 1 amide bonds. The molecule has 1 fully saturated rings. The summed E-state index contributed by atoms with van der Waals surface area (Å²) < 4.78 is 78.3. The van der Waals surface area contributed by atoms with Crippen molar-refractivity contribution in [3.8, 4) is 0 Å². The molecule has 10 heteroatoms. The van der Waals surface area contributed by atoms with Crippen LogP contribution in [0.25, 0.3) is 6.08 Å². The van der Waals surface area contributed by atoms with E-state index in [-0.39, 0.29) is 6.61 Å². The highest BCUT2D eigenvalue weighted by molar-refractivity contribution is 5.92. The first-order valence-electron chi connectivity index (χ1n) is 8.11. The fourth-order valence-corrected chi connectivity index (χ4v) is 2.86. The number of aliphatic hydroxyl groups is 1. The second-order valence-electron chi connectivity index (χ2n) is 5.99. The largest absolute Gasteiger partial charge is 0.417 e. The Morgan fingerprint density at radius 2 is 1.67 bits per heavy atom. The number of rotatable bonds is 4. The number of hydrogen-bond acceptors (Lipinski definition) is 3. The Balaban J connectivity index is 2.21. The number of aliphatic hydroxyl groups excluding tert-OH is 1. The lowest BCUT2D eigenvalue weighted by molar-refractivity contribution is -0.162. The quantitative estimate of drug-likeness (QED) is 0.629. The maximum absolute atomic E-state index is 13.2. The third-order valence-electron chi connectivity index (χ3n) is 4.19. The lowest BCUT2D eigenvalue weighted by Gasteiger charge is -2.33. The summed E-state index contributed by atoms with van der Waals surface area (Å²) >= 11 is 0. The minimum Gasteiger partial charge on any atom is -0.395 e. The molecule has 0 spiro atoms. The van der Waals surface area contributed by atoms with E-state index in [1.165, 1.54) is 4.90 Å². The predicted molar refractivity (Wildman–Crippen MR) is 85.6 cm³/mol. The molecule has 2 rings (SSSR count). The van der Waals surface area contributed by atoms with Gasteiger partial charge in [-0.15, -0.1) is 0 Å². The van der Waals surface area contributed by atoms with Crippen LogP contribution >= 0.6 is 0 Å². The van der Waals surface area contributed by atoms with Crippen LogP contribution in [0.5, 0.6) is 0 Å². The van der Waals surface area contributed by atoms with Crippen LogP contribution < -0.4 is 0 Å². The van der Waals surface area contributed by atoms with Gasteiger partial charge in [-0.2, -0.15) is 26.3 Å². The summed E-state index contributed by atoms with van der Waals surface area (Å²) in [5, 5.41) is 8.87. The normalized spacial score (nSPS) is 16.9. The molecule has 27 heavy (non-hydrogen) atoms. The maximum Gasteiger partial charge on any atom is 0.417 e. The monoisotopic (exact) mass is 396 g/mol. The lowest BCUT2D eigenvalue weighted by Crippen LogP contribution is -2.48. The molecular weight excluding hydrogens is 378 g/mol. The van der Waals surface area contributed by atoms with E-state index < -0.39 is 35.0 Å². The van der Waals surface area contributed by atoms with E-state index in [4.69, 9.17) is 5.11 Å². The summed E-state index contributed by atoms with van der Waals surface area (Å²) in [6.45, 7) is 2.06. The average Bonchev–Trinajstić information content (AvgIpc) is 2.58. The van der Waals surface area contributed by atoms with Crippen molar-refractivity contribution >= 4 is 12.0 Å². The second-order valence-corrected chi connectivity index (χ2v) is 5.99. The van der Waals surface area contributed by atoms with Crippen LogP contribution in [0.15, 0.2) is 24.3 Å². The zero-order chi connectivity index (χ0) is 20.2. The van der Waals surface area contributed by atoms with Crippen molar-refractivity contribution in [3.05, 3.63) is 41.0 Å². The van der Waals surface area contributed by atoms with E-state index >= 15 is 0 Å². The number of benzene rings is 1. The Hall–Kier alpha value is -2.07. The fraction of sp³-hybridized carbons (Fsp3) is 0.471. The van der Waals surface area contributed by atoms with Crippen molar-refractivity contribution in [1.82, 2.24) is 9.80 Å². The number of β-amino-alcohol motifs (C(OH)–C–C–N with tert-alkyl or cyclic N) is 1. The highest BCUT2D eigenvalue weighted by Crippen LogP contribution is 2.42. The van der Waals surface area contributed by atoms with Crippen molar-refractivity contribution < 1.29 is 36.2 Å². The minimum absolute atomic E-state index is 0.0242. The third-order valence-corrected chi connectivity index (χ3v) is 4.19. The topological polar surface area (TPSA) is 43.8 Å². The van der Waals surface area contributed by atoms with E-state index in [1.54, 1.807) is 0 Å². The number of nitrogens with zero attached hydrogens (tertiary/aromatic N) is 2. The van der Waals surface area contributed by atoms with Crippen LogP contribution in [-0.2, 0) is 17.1 Å². The van der Waals surface area contributed by atoms with Crippen molar-refractivity contribution in [3.63, 3.8) is 0 Å². The SMILES string of the molecule is O=C(C=Cc1cccc(C(F)(F)F)c1C(F)(F)F)N1CCN(CCO)CC1. The van der Waals surface area contributed by atoms with Gasteiger partial charge >= 0.3 is 12.4 Å². The fourth-order valence-electron chi connectivity index (χ4n) is 2.86. The van der Waals surface area contributed by atoms with Crippen LogP contribution in [-0.4, -0.2) is 60.1 Å². The predicted octanol–water partition coefficient (Wildman–Crippen LogP) is 2.87. The number of halogens is 6. The molecule has 1 N–H and O–H groups in total. The van der Waals surface area contributed by atoms with E-state index in [2.05, 4.69) is 0 Å². The zero-order valence-corrected chi connectivity index (χ0v) is 14.1. The Morgan fingerprint density at radius 3 is 2.19 bits per heavy atom. The Kier molecular flexibility index (Phi) is 6.53. The molecule has 1 aromatic rings. The van der Waals surface area contributed by atoms with Gasteiger partial charge in [-0.25, -0.2) is 0 Å². The molecule has 0 aromatic heterocycles. The molecule has 0 radical (unpaired) electrons. The first-order chi connectivity index (χ1) is 12.5. The van der Waals surface area contributed by atoms with E-state index in [0.717, 1.165) is 24.3 Å². The molecular formula is C17H18F6N2O2. The van der Waals surface area contributed by atoms with Gasteiger partial charge in [0.1, 0.15) is 0 Å². The van der Waals surface area contributed by atoms with Crippen molar-refractivity contribution in [2.24, 2.45) is 0 Å². The first kappa shape index (κ1) is 21.2. The first-order valence-corrected chi connectivity index (χ1v) is 8.11. The minimum atomic E-state index is -5.22. The molecule has 0 atom stereocenters. The van der Waals surface area contributed by atoms with Crippen molar-refractivity contribution in [1.29, 1.82) is 0 Å². The smallest absolute Gasteiger partial charge is 0.395 e. The molecule has 0 unspecified atom stereocenters. The van der Waals surface area contributed by atoms with Crippen molar-refractivity contribution in [2.45, 2.75) is 12.4 Å². The average molecular weight is 396 g/mol. The van der Waals surface area contributed by atoms with Crippen LogP contribution in [0.3, 0.4) is 0 Å². The molecule has 4 nitrogen and oxygen atoms in total. The zero-order valence-electron chi connectivity index (χ0n) is 14.1. The highest BCUT2D eigenvalue weighted by atomic mass is 19.4. The van der Waals surface area contributed by atoms with Crippen molar-refractivity contribution in [2.75, 3.05) is 39.3 Å². The van der Waals surface area contributed by atoms with Gasteiger partial charge in [-0.3, -0.25) is 9.69 Å². The Labute approximate surface area is 151 Å². The summed E-state index contributed by atoms with van der Waals surface area (Å²) in [6.07, 6.45) is -8.76. The molecule has 0 bridgehead atoms. The van der Waals surface area contributed by atoms with Gasteiger partial charge < -0.3 is 10.0 Å².